The van der Waals surface area contributed by atoms with Crippen molar-refractivity contribution >= 4 is 23.4 Å². The van der Waals surface area contributed by atoms with Gasteiger partial charge < -0.3 is 5.32 Å². The largest absolute Gasteiger partial charge is 0.325 e. The van der Waals surface area contributed by atoms with Gasteiger partial charge in [-0.3, -0.25) is 9.59 Å². The van der Waals surface area contributed by atoms with Crippen LogP contribution in [-0.4, -0.2) is 21.4 Å². The summed E-state index contributed by atoms with van der Waals surface area (Å²) in [5.41, 5.74) is 6.33. The highest BCUT2D eigenvalue weighted by Crippen LogP contribution is 2.28. The minimum absolute atomic E-state index is 0.0651. The number of anilines is 1. The van der Waals surface area contributed by atoms with Crippen LogP contribution in [0.4, 0.5) is 5.69 Å². The number of carbonyl (C=O) groups excluding carboxylic acids is 1. The number of thioether (sulfide) groups is 1. The third-order valence-electron chi connectivity index (χ3n) is 5.53. The zero-order chi connectivity index (χ0) is 21.1. The molecule has 0 unspecified atom stereocenters. The third-order valence-corrected chi connectivity index (χ3v) is 6.45. The lowest BCUT2D eigenvalue weighted by molar-refractivity contribution is -0.113. The van der Waals surface area contributed by atoms with Gasteiger partial charge in [-0.2, -0.15) is 9.78 Å². The van der Waals surface area contributed by atoms with Gasteiger partial charge in [0.15, 0.2) is 0 Å². The number of nitrogens with zero attached hydrogens (tertiary/aromatic N) is 2. The number of aryl methyl sites for hydroxylation is 3. The first-order valence-corrected chi connectivity index (χ1v) is 11.2. The van der Waals surface area contributed by atoms with E-state index in [-0.39, 0.29) is 17.2 Å². The van der Waals surface area contributed by atoms with Gasteiger partial charge >= 0.3 is 0 Å². The van der Waals surface area contributed by atoms with Crippen LogP contribution in [0.2, 0.25) is 0 Å². The Bertz CT molecular complexity index is 1150. The lowest BCUT2D eigenvalue weighted by atomic mass is 9.90. The molecule has 5 nitrogen and oxygen atoms in total. The molecule has 2 aromatic carbocycles. The van der Waals surface area contributed by atoms with E-state index in [1.807, 2.05) is 44.2 Å². The molecule has 3 aromatic rings. The second-order valence-electron chi connectivity index (χ2n) is 7.68. The van der Waals surface area contributed by atoms with Crippen LogP contribution in [0.15, 0.2) is 58.4 Å². The van der Waals surface area contributed by atoms with Crippen LogP contribution in [0.25, 0.3) is 5.69 Å². The molecule has 0 bridgehead atoms. The summed E-state index contributed by atoms with van der Waals surface area (Å²) in [4.78, 5) is 24.8. The Kier molecular flexibility index (Phi) is 6.04. The van der Waals surface area contributed by atoms with Gasteiger partial charge in [-0.15, -0.1) is 0 Å². The quantitative estimate of drug-likeness (QED) is 0.620. The van der Waals surface area contributed by atoms with Crippen LogP contribution >= 0.6 is 11.8 Å². The van der Waals surface area contributed by atoms with Crippen molar-refractivity contribution in [3.05, 3.63) is 81.1 Å². The number of carbonyl (C=O) groups is 1. The number of aromatic nitrogens is 2. The van der Waals surface area contributed by atoms with Crippen molar-refractivity contribution in [2.75, 3.05) is 11.1 Å². The van der Waals surface area contributed by atoms with E-state index >= 15 is 0 Å². The normalized spacial score (nSPS) is 13.0. The van der Waals surface area contributed by atoms with Crippen LogP contribution in [0.5, 0.6) is 0 Å². The first-order chi connectivity index (χ1) is 14.5. The Morgan fingerprint density at radius 3 is 2.73 bits per heavy atom. The van der Waals surface area contributed by atoms with E-state index in [1.165, 1.54) is 46.5 Å². The highest BCUT2D eigenvalue weighted by Gasteiger charge is 2.15. The van der Waals surface area contributed by atoms with E-state index in [1.54, 1.807) is 6.07 Å². The van der Waals surface area contributed by atoms with Crippen LogP contribution in [0.1, 0.15) is 35.1 Å². The SMILES string of the molecule is Cc1ccc(-n2nc(SCC(=O)Nc3cccc4c3CCCC4)ccc2=O)cc1C. The standard InChI is InChI=1S/C24H25N3O2S/c1-16-10-11-19(14-17(16)2)27-24(29)13-12-23(26-27)30-15-22(28)25-21-9-5-7-18-6-3-4-8-20(18)21/h5,7,9-14H,3-4,6,8,15H2,1-2H3,(H,25,28). The van der Waals surface area contributed by atoms with E-state index < -0.39 is 0 Å². The molecule has 0 saturated heterocycles. The molecule has 0 atom stereocenters. The lowest BCUT2D eigenvalue weighted by Gasteiger charge is -2.19. The van der Waals surface area contributed by atoms with Gasteiger partial charge in [0.2, 0.25) is 5.91 Å². The molecule has 1 aromatic heterocycles. The third kappa shape index (κ3) is 4.49. The first-order valence-electron chi connectivity index (χ1n) is 10.2. The number of hydrogen-bond donors (Lipinski definition) is 1. The predicted octanol–water partition coefficient (Wildman–Crippen LogP) is 4.46. The number of nitrogens with one attached hydrogen (secondary N) is 1. The molecule has 0 radical (unpaired) electrons. The maximum Gasteiger partial charge on any atom is 0.271 e. The van der Waals surface area contributed by atoms with Crippen LogP contribution < -0.4 is 10.9 Å². The number of hydrogen-bond acceptors (Lipinski definition) is 4. The highest BCUT2D eigenvalue weighted by atomic mass is 32.2. The Morgan fingerprint density at radius 1 is 1.07 bits per heavy atom. The average molecular weight is 420 g/mol. The maximum absolute atomic E-state index is 12.5. The Morgan fingerprint density at radius 2 is 1.90 bits per heavy atom. The van der Waals surface area contributed by atoms with Gasteiger partial charge in [0.25, 0.3) is 5.56 Å². The van der Waals surface area contributed by atoms with Crippen LogP contribution in [-0.2, 0) is 17.6 Å². The second-order valence-corrected chi connectivity index (χ2v) is 8.67. The van der Waals surface area contributed by atoms with Crippen molar-refractivity contribution in [1.29, 1.82) is 0 Å². The van der Waals surface area contributed by atoms with E-state index in [9.17, 15) is 9.59 Å². The van der Waals surface area contributed by atoms with Gasteiger partial charge in [-0.05, 0) is 86.1 Å². The van der Waals surface area contributed by atoms with Gasteiger partial charge in [-0.25, -0.2) is 0 Å². The van der Waals surface area contributed by atoms with Gasteiger partial charge in [0.1, 0.15) is 5.03 Å². The average Bonchev–Trinajstić information content (AvgIpc) is 2.75. The lowest BCUT2D eigenvalue weighted by Crippen LogP contribution is -2.21. The predicted molar refractivity (Wildman–Crippen MR) is 122 cm³/mol. The summed E-state index contributed by atoms with van der Waals surface area (Å²) >= 11 is 1.33. The van der Waals surface area contributed by atoms with Gasteiger partial charge in [0.05, 0.1) is 11.4 Å². The van der Waals surface area contributed by atoms with Crippen LogP contribution in [0.3, 0.4) is 0 Å². The number of fused-ring (bicyclic) bond motifs is 1. The number of benzene rings is 2. The zero-order valence-electron chi connectivity index (χ0n) is 17.3. The molecule has 154 valence electrons. The molecule has 30 heavy (non-hydrogen) atoms. The van der Waals surface area contributed by atoms with E-state index in [2.05, 4.69) is 16.5 Å². The van der Waals surface area contributed by atoms with E-state index in [0.717, 1.165) is 35.3 Å². The van der Waals surface area contributed by atoms with E-state index in [4.69, 9.17) is 0 Å². The smallest absolute Gasteiger partial charge is 0.271 e. The maximum atomic E-state index is 12.5. The molecule has 6 heteroatoms. The van der Waals surface area contributed by atoms with Gasteiger partial charge in [0, 0.05) is 11.8 Å². The van der Waals surface area contributed by atoms with E-state index in [0.29, 0.717) is 5.03 Å². The summed E-state index contributed by atoms with van der Waals surface area (Å²) in [6.07, 6.45) is 4.47. The summed E-state index contributed by atoms with van der Waals surface area (Å²) in [6, 6.07) is 15.1. The summed E-state index contributed by atoms with van der Waals surface area (Å²) in [5.74, 6) is 0.173. The van der Waals surface area contributed by atoms with Crippen molar-refractivity contribution in [2.45, 2.75) is 44.6 Å². The fourth-order valence-electron chi connectivity index (χ4n) is 3.74. The van der Waals surface area contributed by atoms with Gasteiger partial charge in [-0.1, -0.05) is 30.0 Å². The first kappa shape index (κ1) is 20.4. The summed E-state index contributed by atoms with van der Waals surface area (Å²) in [5, 5.41) is 8.14. The molecule has 1 aliphatic carbocycles. The molecular weight excluding hydrogens is 394 g/mol. The molecular formula is C24H25N3O2S. The molecule has 1 aliphatic rings. The minimum atomic E-state index is -0.192. The molecule has 0 fully saturated rings. The molecule has 1 heterocycles. The summed E-state index contributed by atoms with van der Waals surface area (Å²) in [6.45, 7) is 4.04. The Hall–Kier alpha value is -2.86. The molecule has 0 saturated carbocycles. The highest BCUT2D eigenvalue weighted by molar-refractivity contribution is 7.99. The topological polar surface area (TPSA) is 64.0 Å². The van der Waals surface area contributed by atoms with Crippen molar-refractivity contribution < 1.29 is 4.79 Å². The molecule has 0 aliphatic heterocycles. The summed E-state index contributed by atoms with van der Waals surface area (Å²) in [7, 11) is 0. The summed E-state index contributed by atoms with van der Waals surface area (Å²) < 4.78 is 1.39. The zero-order valence-corrected chi connectivity index (χ0v) is 18.1. The Labute approximate surface area is 180 Å². The number of amides is 1. The van der Waals surface area contributed by atoms with Crippen molar-refractivity contribution in [1.82, 2.24) is 9.78 Å². The second kappa shape index (κ2) is 8.88. The van der Waals surface area contributed by atoms with Crippen LogP contribution in [0, 0.1) is 13.8 Å². The fraction of sp³-hybridized carbons (Fsp3) is 0.292. The van der Waals surface area contributed by atoms with Crippen molar-refractivity contribution in [3.63, 3.8) is 0 Å². The molecule has 1 amide bonds. The monoisotopic (exact) mass is 419 g/mol. The molecule has 1 N–H and O–H groups in total. The Balaban J connectivity index is 1.46. The number of rotatable bonds is 5. The molecule has 0 spiro atoms. The van der Waals surface area contributed by atoms with Crippen molar-refractivity contribution in [3.8, 4) is 5.69 Å². The minimum Gasteiger partial charge on any atom is -0.325 e. The molecule has 4 rings (SSSR count). The van der Waals surface area contributed by atoms with Crippen molar-refractivity contribution in [2.24, 2.45) is 0 Å². The fourth-order valence-corrected chi connectivity index (χ4v) is 4.39.